The first-order valence-electron chi connectivity index (χ1n) is 11.1. The topological polar surface area (TPSA) is 54.3 Å². The number of thioether (sulfide) groups is 1. The van der Waals surface area contributed by atoms with Crippen molar-refractivity contribution in [2.45, 2.75) is 37.3 Å². The summed E-state index contributed by atoms with van der Waals surface area (Å²) in [5.74, 6) is -0.288. The van der Waals surface area contributed by atoms with E-state index in [0.717, 1.165) is 28.5 Å². The van der Waals surface area contributed by atoms with Crippen LogP contribution in [-0.2, 0) is 6.42 Å². The smallest absolute Gasteiger partial charge is 0.257 e. The molecule has 0 unspecified atom stereocenters. The molecule has 1 amide bonds. The number of benzene rings is 1. The van der Waals surface area contributed by atoms with Gasteiger partial charge in [0.25, 0.3) is 5.91 Å². The third-order valence-corrected chi connectivity index (χ3v) is 7.89. The van der Waals surface area contributed by atoms with Gasteiger partial charge in [-0.05, 0) is 61.0 Å². The average Bonchev–Trinajstić information content (AvgIpc) is 3.20. The number of carbonyl (C=O) groups is 1. The van der Waals surface area contributed by atoms with Gasteiger partial charge < -0.3 is 14.8 Å². The van der Waals surface area contributed by atoms with Gasteiger partial charge in [-0.1, -0.05) is 26.0 Å². The molecule has 1 aromatic carbocycles. The second kappa shape index (κ2) is 9.49. The first-order valence-corrected chi connectivity index (χ1v) is 12.9. The highest BCUT2D eigenvalue weighted by molar-refractivity contribution is 7.99. The molecule has 1 atom stereocenters. The molecule has 7 heteroatoms. The molecule has 0 saturated heterocycles. The number of para-hydroxylation sites is 1. The van der Waals surface area contributed by atoms with Crippen molar-refractivity contribution in [3.8, 4) is 5.69 Å². The zero-order chi connectivity index (χ0) is 23.8. The van der Waals surface area contributed by atoms with Crippen molar-refractivity contribution >= 4 is 29.0 Å². The Hall–Kier alpha value is -2.35. The Balaban J connectivity index is 1.80. The zero-order valence-electron chi connectivity index (χ0n) is 19.8. The maximum Gasteiger partial charge on any atom is 0.257 e. The van der Waals surface area contributed by atoms with E-state index in [9.17, 15) is 9.59 Å². The molecule has 1 aliphatic rings. The molecule has 3 aromatic rings. The largest absolute Gasteiger partial charge is 0.351 e. The number of rotatable bonds is 6. The minimum Gasteiger partial charge on any atom is -0.351 e. The van der Waals surface area contributed by atoms with Crippen LogP contribution in [0.2, 0.25) is 0 Å². The van der Waals surface area contributed by atoms with Gasteiger partial charge in [0, 0.05) is 47.1 Å². The molecule has 4 rings (SSSR count). The van der Waals surface area contributed by atoms with Gasteiger partial charge >= 0.3 is 0 Å². The monoisotopic (exact) mass is 481 g/mol. The van der Waals surface area contributed by atoms with E-state index in [1.54, 1.807) is 29.2 Å². The molecule has 33 heavy (non-hydrogen) atoms. The van der Waals surface area contributed by atoms with Crippen LogP contribution < -0.4 is 10.7 Å². The second-order valence-electron chi connectivity index (χ2n) is 9.73. The highest BCUT2D eigenvalue weighted by Crippen LogP contribution is 2.44. The number of hydrogen-bond donors (Lipinski definition) is 1. The number of aromatic nitrogens is 1. The minimum absolute atomic E-state index is 0.112. The number of pyridine rings is 1. The zero-order valence-corrected chi connectivity index (χ0v) is 21.5. The van der Waals surface area contributed by atoms with Gasteiger partial charge in [0.15, 0.2) is 5.43 Å². The molecule has 3 heterocycles. The Morgan fingerprint density at radius 1 is 1.24 bits per heavy atom. The van der Waals surface area contributed by atoms with Crippen molar-refractivity contribution in [1.29, 1.82) is 0 Å². The van der Waals surface area contributed by atoms with Crippen molar-refractivity contribution < 1.29 is 4.79 Å². The van der Waals surface area contributed by atoms with Gasteiger partial charge in [-0.15, -0.1) is 11.8 Å². The quantitative estimate of drug-likeness (QED) is 0.543. The van der Waals surface area contributed by atoms with Crippen molar-refractivity contribution in [2.24, 2.45) is 5.41 Å². The minimum atomic E-state index is -0.288. The van der Waals surface area contributed by atoms with Crippen LogP contribution in [-0.4, -0.2) is 42.6 Å². The molecule has 0 spiro atoms. The molecule has 0 bridgehead atoms. The number of nitrogens with zero attached hydrogens (tertiary/aromatic N) is 2. The van der Waals surface area contributed by atoms with Crippen molar-refractivity contribution in [2.75, 3.05) is 27.2 Å². The van der Waals surface area contributed by atoms with Gasteiger partial charge in [-0.2, -0.15) is 11.3 Å². The fourth-order valence-electron chi connectivity index (χ4n) is 4.64. The molecule has 1 aliphatic heterocycles. The van der Waals surface area contributed by atoms with Crippen LogP contribution in [0.3, 0.4) is 0 Å². The Bertz CT molecular complexity index is 1210. The van der Waals surface area contributed by atoms with Gasteiger partial charge in [-0.3, -0.25) is 9.59 Å². The first kappa shape index (κ1) is 23.8. The summed E-state index contributed by atoms with van der Waals surface area (Å²) < 4.78 is 2.11. The summed E-state index contributed by atoms with van der Waals surface area (Å²) in [7, 11) is 4.05. The van der Waals surface area contributed by atoms with Gasteiger partial charge in [0.2, 0.25) is 0 Å². The maximum absolute atomic E-state index is 13.5. The van der Waals surface area contributed by atoms with Crippen molar-refractivity contribution in [3.05, 3.63) is 79.9 Å². The van der Waals surface area contributed by atoms with Crippen LogP contribution in [0.1, 0.15) is 46.4 Å². The summed E-state index contributed by atoms with van der Waals surface area (Å²) >= 11 is 3.47. The maximum atomic E-state index is 13.5. The van der Waals surface area contributed by atoms with Crippen molar-refractivity contribution in [1.82, 2.24) is 14.8 Å². The highest BCUT2D eigenvalue weighted by atomic mass is 32.2. The van der Waals surface area contributed by atoms with E-state index in [2.05, 4.69) is 57.6 Å². The number of carbonyl (C=O) groups excluding carboxylic acids is 1. The summed E-state index contributed by atoms with van der Waals surface area (Å²) in [5, 5.41) is 7.43. The summed E-state index contributed by atoms with van der Waals surface area (Å²) in [6.45, 7) is 7.52. The van der Waals surface area contributed by atoms with E-state index in [4.69, 9.17) is 0 Å². The van der Waals surface area contributed by atoms with Gasteiger partial charge in [-0.25, -0.2) is 0 Å². The van der Waals surface area contributed by atoms with Crippen LogP contribution in [0, 0.1) is 12.3 Å². The molecular weight excluding hydrogens is 450 g/mol. The molecule has 0 radical (unpaired) electrons. The van der Waals surface area contributed by atoms with Crippen molar-refractivity contribution in [3.63, 3.8) is 0 Å². The number of amides is 1. The standard InChI is InChI=1S/C26H31N3O2S2/c1-17-12-21(30)24(25(31)27-15-26(2,3)16-28(4)5)20-13-23(18-10-11-32-14-18)33-22-9-7-6-8-19(22)29(17)20/h6-12,14,23H,13,15-16H2,1-5H3,(H,27,31)/t23-/m1/s1. The van der Waals surface area contributed by atoms with Crippen LogP contribution in [0.5, 0.6) is 0 Å². The SMILES string of the molecule is Cc1cc(=O)c(C(=O)NCC(C)(C)CN(C)C)c2n1-c1ccccc1S[C@@H](c1ccsc1)C2. The van der Waals surface area contributed by atoms with Crippen LogP contribution >= 0.6 is 23.1 Å². The third-order valence-electron chi connectivity index (χ3n) is 5.87. The van der Waals surface area contributed by atoms with E-state index >= 15 is 0 Å². The second-order valence-corrected chi connectivity index (χ2v) is 11.8. The summed E-state index contributed by atoms with van der Waals surface area (Å²) in [6.07, 6.45) is 0.608. The number of nitrogens with one attached hydrogen (secondary N) is 1. The Kier molecular flexibility index (Phi) is 6.84. The van der Waals surface area contributed by atoms with Gasteiger partial charge in [0.1, 0.15) is 5.56 Å². The van der Waals surface area contributed by atoms with Crippen LogP contribution in [0.25, 0.3) is 5.69 Å². The average molecular weight is 482 g/mol. The highest BCUT2D eigenvalue weighted by Gasteiger charge is 2.30. The van der Waals surface area contributed by atoms with E-state index in [1.807, 2.05) is 33.2 Å². The molecule has 0 saturated carbocycles. The summed E-state index contributed by atoms with van der Waals surface area (Å²) in [5.41, 5.74) is 3.82. The molecular formula is C26H31N3O2S2. The summed E-state index contributed by atoms with van der Waals surface area (Å²) in [4.78, 5) is 29.9. The molecule has 5 nitrogen and oxygen atoms in total. The number of aryl methyl sites for hydroxylation is 1. The normalized spacial score (nSPS) is 15.6. The molecule has 2 aromatic heterocycles. The van der Waals surface area contributed by atoms with E-state index in [1.165, 1.54) is 5.56 Å². The predicted octanol–water partition coefficient (Wildman–Crippen LogP) is 4.91. The lowest BCUT2D eigenvalue weighted by molar-refractivity contribution is 0.0926. The fourth-order valence-corrected chi connectivity index (χ4v) is 6.71. The molecule has 0 fully saturated rings. The lowest BCUT2D eigenvalue weighted by Crippen LogP contribution is -2.41. The molecule has 174 valence electrons. The lowest BCUT2D eigenvalue weighted by Gasteiger charge is -2.28. The Morgan fingerprint density at radius 2 is 2.00 bits per heavy atom. The first-order chi connectivity index (χ1) is 15.7. The lowest BCUT2D eigenvalue weighted by atomic mass is 9.92. The number of hydrogen-bond acceptors (Lipinski definition) is 5. The molecule has 0 aliphatic carbocycles. The van der Waals surface area contributed by atoms with Gasteiger partial charge in [0.05, 0.1) is 5.69 Å². The number of thiophene rings is 1. The van der Waals surface area contributed by atoms with E-state index < -0.39 is 0 Å². The Labute approximate surface area is 203 Å². The van der Waals surface area contributed by atoms with E-state index in [-0.39, 0.29) is 27.6 Å². The fraction of sp³-hybridized carbons (Fsp3) is 0.385. The number of fused-ring (bicyclic) bond motifs is 3. The van der Waals surface area contributed by atoms with Crippen LogP contribution in [0.4, 0.5) is 0 Å². The predicted molar refractivity (Wildman–Crippen MR) is 138 cm³/mol. The Morgan fingerprint density at radius 3 is 2.70 bits per heavy atom. The van der Waals surface area contributed by atoms with E-state index in [0.29, 0.717) is 13.0 Å². The third kappa shape index (κ3) is 5.10. The molecule has 1 N–H and O–H groups in total. The van der Waals surface area contributed by atoms with Crippen LogP contribution in [0.15, 0.2) is 56.8 Å². The summed E-state index contributed by atoms with van der Waals surface area (Å²) in [6, 6.07) is 12.0.